The topological polar surface area (TPSA) is 73.4 Å². The molecule has 3 rings (SSSR count). The van der Waals surface area contributed by atoms with Gasteiger partial charge in [0.05, 0.1) is 11.6 Å². The molecule has 1 aromatic heterocycles. The summed E-state index contributed by atoms with van der Waals surface area (Å²) in [6, 6.07) is 6.03. The van der Waals surface area contributed by atoms with Crippen LogP contribution < -0.4 is 4.87 Å². The molecule has 7 heteroatoms. The van der Waals surface area contributed by atoms with Crippen molar-refractivity contribution in [3.05, 3.63) is 44.6 Å². The van der Waals surface area contributed by atoms with Gasteiger partial charge in [-0.1, -0.05) is 11.3 Å². The molecule has 1 aliphatic heterocycles. The van der Waals surface area contributed by atoms with Crippen LogP contribution in [0.15, 0.2) is 29.1 Å². The summed E-state index contributed by atoms with van der Waals surface area (Å²) >= 11 is 1.15. The minimum absolute atomic E-state index is 0.139. The molecule has 0 atom stereocenters. The minimum Gasteiger partial charge on any atom is -0.481 e. The third kappa shape index (κ3) is 3.68. The molecule has 1 fully saturated rings. The molecule has 1 saturated heterocycles. The lowest BCUT2D eigenvalue weighted by Crippen LogP contribution is -2.35. The molecule has 122 valence electrons. The SMILES string of the molecule is O=C(O)C1CCN(Cc2sc(=O)[nH]c2-c2ccc(F)cc2)CC1. The van der Waals surface area contributed by atoms with Crippen molar-refractivity contribution in [2.24, 2.45) is 5.92 Å². The molecule has 0 aliphatic carbocycles. The average Bonchev–Trinajstić information content (AvgIpc) is 2.89. The average molecular weight is 336 g/mol. The van der Waals surface area contributed by atoms with E-state index in [9.17, 15) is 14.0 Å². The van der Waals surface area contributed by atoms with Gasteiger partial charge in [-0.05, 0) is 55.8 Å². The molecule has 0 radical (unpaired) electrons. The first kappa shape index (κ1) is 15.9. The Balaban J connectivity index is 1.75. The Bertz CT molecular complexity index is 745. The zero-order chi connectivity index (χ0) is 16.4. The lowest BCUT2D eigenvalue weighted by Gasteiger charge is -2.29. The van der Waals surface area contributed by atoms with Gasteiger partial charge in [0.25, 0.3) is 0 Å². The first-order valence-electron chi connectivity index (χ1n) is 7.46. The molecular formula is C16H17FN2O3S. The van der Waals surface area contributed by atoms with Gasteiger partial charge in [-0.3, -0.25) is 14.5 Å². The molecule has 1 aliphatic rings. The smallest absolute Gasteiger partial charge is 0.306 e. The molecule has 0 amide bonds. The fraction of sp³-hybridized carbons (Fsp3) is 0.375. The molecular weight excluding hydrogens is 319 g/mol. The maximum atomic E-state index is 13.1. The highest BCUT2D eigenvalue weighted by molar-refractivity contribution is 7.09. The predicted molar refractivity (Wildman–Crippen MR) is 86.0 cm³/mol. The highest BCUT2D eigenvalue weighted by Crippen LogP contribution is 2.26. The number of rotatable bonds is 4. The van der Waals surface area contributed by atoms with E-state index < -0.39 is 5.97 Å². The molecule has 0 bridgehead atoms. The van der Waals surface area contributed by atoms with Gasteiger partial charge in [-0.15, -0.1) is 0 Å². The van der Waals surface area contributed by atoms with Crippen molar-refractivity contribution in [3.63, 3.8) is 0 Å². The van der Waals surface area contributed by atoms with Crippen molar-refractivity contribution >= 4 is 17.3 Å². The van der Waals surface area contributed by atoms with Crippen molar-refractivity contribution in [3.8, 4) is 11.3 Å². The van der Waals surface area contributed by atoms with Gasteiger partial charge in [0, 0.05) is 11.4 Å². The van der Waals surface area contributed by atoms with Crippen LogP contribution in [0, 0.1) is 11.7 Å². The number of nitrogens with one attached hydrogen (secondary N) is 1. The summed E-state index contributed by atoms with van der Waals surface area (Å²) in [5.74, 6) is -1.32. The van der Waals surface area contributed by atoms with E-state index in [4.69, 9.17) is 5.11 Å². The first-order chi connectivity index (χ1) is 11.0. The largest absolute Gasteiger partial charge is 0.481 e. The predicted octanol–water partition coefficient (Wildman–Crippen LogP) is 2.54. The summed E-state index contributed by atoms with van der Waals surface area (Å²) in [6.07, 6.45) is 1.25. The van der Waals surface area contributed by atoms with Gasteiger partial charge in [-0.2, -0.15) is 0 Å². The third-order valence-electron chi connectivity index (χ3n) is 4.16. The van der Waals surface area contributed by atoms with Crippen molar-refractivity contribution < 1.29 is 14.3 Å². The van der Waals surface area contributed by atoms with E-state index in [1.165, 1.54) is 12.1 Å². The number of thiazole rings is 1. The van der Waals surface area contributed by atoms with Gasteiger partial charge in [-0.25, -0.2) is 4.39 Å². The number of carboxylic acid groups (broad SMARTS) is 1. The van der Waals surface area contributed by atoms with Gasteiger partial charge in [0.15, 0.2) is 0 Å². The van der Waals surface area contributed by atoms with Gasteiger partial charge >= 0.3 is 10.8 Å². The number of H-pyrrole nitrogens is 1. The van der Waals surface area contributed by atoms with Crippen LogP contribution >= 0.6 is 11.3 Å². The molecule has 2 heterocycles. The Morgan fingerprint density at radius 1 is 1.30 bits per heavy atom. The van der Waals surface area contributed by atoms with Crippen LogP contribution in [0.1, 0.15) is 17.7 Å². The normalized spacial score (nSPS) is 16.6. The highest BCUT2D eigenvalue weighted by atomic mass is 32.1. The van der Waals surface area contributed by atoms with Gasteiger partial charge in [0.2, 0.25) is 0 Å². The maximum Gasteiger partial charge on any atom is 0.306 e. The molecule has 0 spiro atoms. The number of halogens is 1. The molecule has 0 unspecified atom stereocenters. The summed E-state index contributed by atoms with van der Waals surface area (Å²) in [7, 11) is 0. The second kappa shape index (κ2) is 6.64. The number of aromatic nitrogens is 1. The number of benzene rings is 1. The quantitative estimate of drug-likeness (QED) is 0.900. The van der Waals surface area contributed by atoms with E-state index in [2.05, 4.69) is 9.88 Å². The van der Waals surface area contributed by atoms with Gasteiger partial charge < -0.3 is 10.1 Å². The van der Waals surface area contributed by atoms with Crippen LogP contribution in [-0.2, 0) is 11.3 Å². The van der Waals surface area contributed by atoms with Gasteiger partial charge in [0.1, 0.15) is 5.82 Å². The minimum atomic E-state index is -0.733. The van der Waals surface area contributed by atoms with Crippen LogP contribution in [-0.4, -0.2) is 34.0 Å². The zero-order valence-electron chi connectivity index (χ0n) is 12.4. The standard InChI is InChI=1S/C16H17FN2O3S/c17-12-3-1-10(2-4-12)14-13(23-16(22)18-14)9-19-7-5-11(6-8-19)15(20)21/h1-4,11H,5-9H2,(H,18,22)(H,20,21). The lowest BCUT2D eigenvalue weighted by atomic mass is 9.97. The van der Waals surface area contributed by atoms with Crippen LogP contribution in [0.2, 0.25) is 0 Å². The fourth-order valence-corrected chi connectivity index (χ4v) is 3.76. The summed E-state index contributed by atoms with van der Waals surface area (Å²) in [6.45, 7) is 2.00. The van der Waals surface area contributed by atoms with Crippen molar-refractivity contribution in [2.45, 2.75) is 19.4 Å². The Kier molecular flexibility index (Phi) is 4.58. The lowest BCUT2D eigenvalue weighted by molar-refractivity contribution is -0.143. The number of carbonyl (C=O) groups is 1. The Morgan fingerprint density at radius 3 is 2.57 bits per heavy atom. The number of carboxylic acids is 1. The molecule has 2 N–H and O–H groups in total. The Morgan fingerprint density at radius 2 is 1.96 bits per heavy atom. The Labute approximate surface area is 136 Å². The van der Waals surface area contributed by atoms with Crippen LogP contribution in [0.3, 0.4) is 0 Å². The maximum absolute atomic E-state index is 13.1. The van der Waals surface area contributed by atoms with Crippen molar-refractivity contribution in [1.82, 2.24) is 9.88 Å². The van der Waals surface area contributed by atoms with E-state index in [0.29, 0.717) is 32.5 Å². The number of aromatic amines is 1. The zero-order valence-corrected chi connectivity index (χ0v) is 13.2. The van der Waals surface area contributed by atoms with E-state index in [0.717, 1.165) is 27.5 Å². The Hall–Kier alpha value is -1.99. The van der Waals surface area contributed by atoms with Crippen LogP contribution in [0.25, 0.3) is 11.3 Å². The number of hydrogen-bond acceptors (Lipinski definition) is 4. The van der Waals surface area contributed by atoms with E-state index in [1.54, 1.807) is 12.1 Å². The summed E-state index contributed by atoms with van der Waals surface area (Å²) < 4.78 is 13.1. The van der Waals surface area contributed by atoms with E-state index in [1.807, 2.05) is 0 Å². The second-order valence-corrected chi connectivity index (χ2v) is 6.78. The number of piperidine rings is 1. The van der Waals surface area contributed by atoms with E-state index in [-0.39, 0.29) is 16.6 Å². The van der Waals surface area contributed by atoms with Crippen LogP contribution in [0.4, 0.5) is 4.39 Å². The monoisotopic (exact) mass is 336 g/mol. The van der Waals surface area contributed by atoms with Crippen molar-refractivity contribution in [2.75, 3.05) is 13.1 Å². The summed E-state index contributed by atoms with van der Waals surface area (Å²) in [5.41, 5.74) is 1.50. The summed E-state index contributed by atoms with van der Waals surface area (Å²) in [4.78, 5) is 28.5. The molecule has 1 aromatic carbocycles. The first-order valence-corrected chi connectivity index (χ1v) is 8.27. The van der Waals surface area contributed by atoms with Crippen molar-refractivity contribution in [1.29, 1.82) is 0 Å². The fourth-order valence-electron chi connectivity index (χ4n) is 2.86. The number of aliphatic carboxylic acids is 1. The third-order valence-corrected chi connectivity index (χ3v) is 5.03. The molecule has 5 nitrogen and oxygen atoms in total. The summed E-state index contributed by atoms with van der Waals surface area (Å²) in [5, 5.41) is 9.04. The second-order valence-electron chi connectivity index (χ2n) is 5.71. The van der Waals surface area contributed by atoms with Crippen LogP contribution in [0.5, 0.6) is 0 Å². The number of hydrogen-bond donors (Lipinski definition) is 2. The van der Waals surface area contributed by atoms with E-state index >= 15 is 0 Å². The molecule has 23 heavy (non-hydrogen) atoms. The molecule has 0 saturated carbocycles. The highest BCUT2D eigenvalue weighted by Gasteiger charge is 2.25. The molecule has 2 aromatic rings. The number of nitrogens with zero attached hydrogens (tertiary/aromatic N) is 1. The number of likely N-dealkylation sites (tertiary alicyclic amines) is 1.